The van der Waals surface area contributed by atoms with Gasteiger partial charge < -0.3 is 10.4 Å². The zero-order valence-corrected chi connectivity index (χ0v) is 11.2. The van der Waals surface area contributed by atoms with E-state index in [-0.39, 0.29) is 0 Å². The highest BCUT2D eigenvalue weighted by Gasteiger charge is 2.40. The molecule has 2 aliphatic rings. The van der Waals surface area contributed by atoms with Gasteiger partial charge in [0.2, 0.25) is 0 Å². The Hall–Kier alpha value is -1.96. The maximum absolute atomic E-state index is 10.1. The molecule has 2 unspecified atom stereocenters. The molecule has 0 spiro atoms. The van der Waals surface area contributed by atoms with Crippen molar-refractivity contribution in [3.63, 3.8) is 0 Å². The highest BCUT2D eigenvalue weighted by Crippen LogP contribution is 2.53. The van der Waals surface area contributed by atoms with Crippen LogP contribution in [0, 0.1) is 13.8 Å². The smallest absolute Gasteiger partial charge is 0.121 e. The lowest BCUT2D eigenvalue weighted by atomic mass is 9.96. The normalized spacial score (nSPS) is 22.6. The van der Waals surface area contributed by atoms with E-state index in [1.165, 1.54) is 22.4 Å². The van der Waals surface area contributed by atoms with Gasteiger partial charge in [-0.1, -0.05) is 24.3 Å². The Morgan fingerprint density at radius 1 is 1.16 bits per heavy atom. The quantitative estimate of drug-likeness (QED) is 0.746. The Morgan fingerprint density at radius 3 is 2.79 bits per heavy atom. The summed E-state index contributed by atoms with van der Waals surface area (Å²) >= 11 is 0. The standard InChI is InChI=1S/C17H17NO/c1-9-7-13-12(10(2)17(9)19)8-14-11-5-3-4-6-15(11)18-16(13)14/h3-7,14,16,18-19H,8H2,1-2H3. The fourth-order valence-corrected chi connectivity index (χ4v) is 3.73. The summed E-state index contributed by atoms with van der Waals surface area (Å²) in [5.41, 5.74) is 7.43. The molecule has 1 aliphatic carbocycles. The second kappa shape index (κ2) is 3.53. The number of aryl methyl sites for hydroxylation is 1. The molecule has 2 N–H and O–H groups in total. The van der Waals surface area contributed by atoms with E-state index >= 15 is 0 Å². The zero-order chi connectivity index (χ0) is 13.1. The van der Waals surface area contributed by atoms with E-state index in [9.17, 15) is 5.11 Å². The fraction of sp³-hybridized carbons (Fsp3) is 0.294. The van der Waals surface area contributed by atoms with Crippen molar-refractivity contribution in [2.75, 3.05) is 5.32 Å². The van der Waals surface area contributed by atoms with Gasteiger partial charge in [0.15, 0.2) is 0 Å². The van der Waals surface area contributed by atoms with Gasteiger partial charge in [-0.25, -0.2) is 0 Å². The molecule has 0 bridgehead atoms. The van der Waals surface area contributed by atoms with Gasteiger partial charge in [0, 0.05) is 11.6 Å². The molecule has 1 aliphatic heterocycles. The highest BCUT2D eigenvalue weighted by atomic mass is 16.3. The summed E-state index contributed by atoms with van der Waals surface area (Å²) in [5.74, 6) is 0.984. The predicted molar refractivity (Wildman–Crippen MR) is 76.8 cm³/mol. The summed E-state index contributed by atoms with van der Waals surface area (Å²) in [4.78, 5) is 0. The fourth-order valence-electron chi connectivity index (χ4n) is 3.73. The average molecular weight is 251 g/mol. The van der Waals surface area contributed by atoms with E-state index in [0.29, 0.717) is 17.7 Å². The van der Waals surface area contributed by atoms with Crippen LogP contribution >= 0.6 is 0 Å². The molecule has 0 amide bonds. The summed E-state index contributed by atoms with van der Waals surface area (Å²) in [5, 5.41) is 13.8. The molecule has 0 saturated heterocycles. The van der Waals surface area contributed by atoms with Crippen LogP contribution in [0.25, 0.3) is 0 Å². The van der Waals surface area contributed by atoms with Crippen LogP contribution in [0.5, 0.6) is 5.75 Å². The maximum atomic E-state index is 10.1. The molecule has 0 aromatic heterocycles. The number of para-hydroxylation sites is 1. The topological polar surface area (TPSA) is 32.3 Å². The van der Waals surface area contributed by atoms with E-state index < -0.39 is 0 Å². The summed E-state index contributed by atoms with van der Waals surface area (Å²) in [6.45, 7) is 4.02. The number of aromatic hydroxyl groups is 1. The lowest BCUT2D eigenvalue weighted by molar-refractivity contribution is 0.466. The van der Waals surface area contributed by atoms with Gasteiger partial charge in [-0.05, 0) is 54.2 Å². The minimum absolute atomic E-state index is 0.380. The van der Waals surface area contributed by atoms with Crippen LogP contribution in [0.2, 0.25) is 0 Å². The maximum Gasteiger partial charge on any atom is 0.121 e. The lowest BCUT2D eigenvalue weighted by Gasteiger charge is -2.14. The minimum atomic E-state index is 0.380. The van der Waals surface area contributed by atoms with Gasteiger partial charge in [-0.15, -0.1) is 0 Å². The average Bonchev–Trinajstić information content (AvgIpc) is 2.93. The number of anilines is 1. The van der Waals surface area contributed by atoms with E-state index in [2.05, 4.69) is 35.6 Å². The summed E-state index contributed by atoms with van der Waals surface area (Å²) < 4.78 is 0. The van der Waals surface area contributed by atoms with E-state index in [0.717, 1.165) is 17.5 Å². The molecule has 1 heterocycles. The number of rotatable bonds is 0. The van der Waals surface area contributed by atoms with Crippen LogP contribution in [0.4, 0.5) is 5.69 Å². The largest absolute Gasteiger partial charge is 0.507 e. The third kappa shape index (κ3) is 1.31. The number of phenolic OH excluding ortho intramolecular Hbond substituents is 1. The molecular weight excluding hydrogens is 234 g/mol. The van der Waals surface area contributed by atoms with Crippen molar-refractivity contribution in [2.24, 2.45) is 0 Å². The third-order valence-electron chi connectivity index (χ3n) is 4.73. The number of benzene rings is 2. The molecule has 0 saturated carbocycles. The first-order valence-electron chi connectivity index (χ1n) is 6.84. The summed E-state index contributed by atoms with van der Waals surface area (Å²) in [6, 6.07) is 11.1. The zero-order valence-electron chi connectivity index (χ0n) is 11.2. The number of hydrogen-bond acceptors (Lipinski definition) is 2. The van der Waals surface area contributed by atoms with Gasteiger partial charge in [0.05, 0.1) is 6.04 Å². The molecule has 0 radical (unpaired) electrons. The van der Waals surface area contributed by atoms with Crippen molar-refractivity contribution in [2.45, 2.75) is 32.2 Å². The minimum Gasteiger partial charge on any atom is -0.507 e. The van der Waals surface area contributed by atoms with Crippen LogP contribution in [-0.4, -0.2) is 5.11 Å². The molecule has 2 nitrogen and oxygen atoms in total. The lowest BCUT2D eigenvalue weighted by Crippen LogP contribution is -2.05. The van der Waals surface area contributed by atoms with E-state index in [4.69, 9.17) is 0 Å². The van der Waals surface area contributed by atoms with Crippen LogP contribution < -0.4 is 5.32 Å². The predicted octanol–water partition coefficient (Wildman–Crippen LogP) is 3.82. The Bertz CT molecular complexity index is 690. The molecule has 2 heteroatoms. The first-order valence-corrected chi connectivity index (χ1v) is 6.84. The number of nitrogens with one attached hydrogen (secondary N) is 1. The molecule has 96 valence electrons. The Morgan fingerprint density at radius 2 is 1.95 bits per heavy atom. The van der Waals surface area contributed by atoms with Crippen molar-refractivity contribution in [1.29, 1.82) is 0 Å². The van der Waals surface area contributed by atoms with Gasteiger partial charge in [-0.3, -0.25) is 0 Å². The van der Waals surface area contributed by atoms with Crippen LogP contribution in [0.15, 0.2) is 30.3 Å². The van der Waals surface area contributed by atoms with Crippen LogP contribution in [0.3, 0.4) is 0 Å². The Balaban J connectivity index is 1.88. The second-order valence-corrected chi connectivity index (χ2v) is 5.75. The molecule has 4 rings (SSSR count). The number of phenols is 1. The highest BCUT2D eigenvalue weighted by molar-refractivity contribution is 5.66. The SMILES string of the molecule is Cc1cc2c(c(C)c1O)CC1c3ccccc3NC21. The Labute approximate surface area is 113 Å². The second-order valence-electron chi connectivity index (χ2n) is 5.75. The number of fused-ring (bicyclic) bond motifs is 5. The molecule has 2 atom stereocenters. The summed E-state index contributed by atoms with van der Waals surface area (Å²) in [7, 11) is 0. The van der Waals surface area contributed by atoms with Gasteiger partial charge >= 0.3 is 0 Å². The van der Waals surface area contributed by atoms with E-state index in [1.807, 2.05) is 13.8 Å². The molecule has 19 heavy (non-hydrogen) atoms. The molecular formula is C17H17NO. The van der Waals surface area contributed by atoms with Crippen LogP contribution in [-0.2, 0) is 6.42 Å². The first-order chi connectivity index (χ1) is 9.16. The molecule has 0 fully saturated rings. The third-order valence-corrected chi connectivity index (χ3v) is 4.73. The van der Waals surface area contributed by atoms with Gasteiger partial charge in [-0.2, -0.15) is 0 Å². The van der Waals surface area contributed by atoms with E-state index in [1.54, 1.807) is 0 Å². The summed E-state index contributed by atoms with van der Waals surface area (Å²) in [6.07, 6.45) is 1.03. The van der Waals surface area contributed by atoms with Crippen molar-refractivity contribution in [1.82, 2.24) is 0 Å². The van der Waals surface area contributed by atoms with Crippen molar-refractivity contribution in [3.8, 4) is 5.75 Å². The number of hydrogen-bond donors (Lipinski definition) is 2. The van der Waals surface area contributed by atoms with Crippen molar-refractivity contribution < 1.29 is 5.11 Å². The molecule has 2 aromatic rings. The van der Waals surface area contributed by atoms with Gasteiger partial charge in [0.1, 0.15) is 5.75 Å². The first kappa shape index (κ1) is 10.9. The monoisotopic (exact) mass is 251 g/mol. The van der Waals surface area contributed by atoms with Crippen molar-refractivity contribution >= 4 is 5.69 Å². The van der Waals surface area contributed by atoms with Crippen molar-refractivity contribution in [3.05, 3.63) is 58.1 Å². The molecule has 2 aromatic carbocycles. The van der Waals surface area contributed by atoms with Crippen LogP contribution in [0.1, 0.15) is 39.8 Å². The Kier molecular flexibility index (Phi) is 2.03. The van der Waals surface area contributed by atoms with Gasteiger partial charge in [0.25, 0.3) is 0 Å².